The van der Waals surface area contributed by atoms with Crippen molar-refractivity contribution in [3.8, 4) is 0 Å². The van der Waals surface area contributed by atoms with Crippen LogP contribution in [0.2, 0.25) is 5.02 Å². The first-order chi connectivity index (χ1) is 9.37. The summed E-state index contributed by atoms with van der Waals surface area (Å²) in [6, 6.07) is 4.83. The molecule has 0 aromatic heterocycles. The van der Waals surface area contributed by atoms with Crippen molar-refractivity contribution in [1.82, 2.24) is 10.2 Å². The van der Waals surface area contributed by atoms with Crippen LogP contribution >= 0.6 is 11.6 Å². The van der Waals surface area contributed by atoms with Crippen molar-refractivity contribution in [1.29, 1.82) is 0 Å². The molecule has 5 nitrogen and oxygen atoms in total. The van der Waals surface area contributed by atoms with E-state index < -0.39 is 5.41 Å². The molecule has 108 valence electrons. The molecular weight excluding hydrogens is 278 g/mol. The second-order valence-electron chi connectivity index (χ2n) is 5.35. The summed E-state index contributed by atoms with van der Waals surface area (Å²) in [7, 11) is 1.61. The highest BCUT2D eigenvalue weighted by atomic mass is 35.5. The van der Waals surface area contributed by atoms with Gasteiger partial charge in [-0.3, -0.25) is 9.59 Å². The lowest BCUT2D eigenvalue weighted by molar-refractivity contribution is -0.128. The van der Waals surface area contributed by atoms with E-state index in [1.165, 1.54) is 0 Å². The first-order valence-electron chi connectivity index (χ1n) is 6.44. The van der Waals surface area contributed by atoms with Gasteiger partial charge < -0.3 is 16.0 Å². The lowest BCUT2D eigenvalue weighted by Crippen LogP contribution is -2.40. The van der Waals surface area contributed by atoms with Crippen LogP contribution in [-0.2, 0) is 4.79 Å². The van der Waals surface area contributed by atoms with E-state index in [9.17, 15) is 9.59 Å². The topological polar surface area (TPSA) is 75.4 Å². The van der Waals surface area contributed by atoms with E-state index in [0.717, 1.165) is 0 Å². The number of hydrogen-bond donors (Lipinski definition) is 2. The van der Waals surface area contributed by atoms with Gasteiger partial charge in [-0.15, -0.1) is 0 Å². The fourth-order valence-electron chi connectivity index (χ4n) is 2.48. The van der Waals surface area contributed by atoms with Crippen LogP contribution in [0.1, 0.15) is 23.7 Å². The molecule has 0 aliphatic carbocycles. The molecule has 1 aromatic carbocycles. The number of amides is 2. The van der Waals surface area contributed by atoms with E-state index in [2.05, 4.69) is 5.32 Å². The van der Waals surface area contributed by atoms with Gasteiger partial charge in [-0.05, 0) is 31.5 Å². The molecule has 1 aliphatic rings. The molecule has 1 atom stereocenters. The number of hydrogen-bond acceptors (Lipinski definition) is 3. The second-order valence-corrected chi connectivity index (χ2v) is 5.76. The van der Waals surface area contributed by atoms with Gasteiger partial charge in [-0.1, -0.05) is 11.6 Å². The van der Waals surface area contributed by atoms with Crippen LogP contribution in [-0.4, -0.2) is 36.9 Å². The molecule has 0 radical (unpaired) electrons. The summed E-state index contributed by atoms with van der Waals surface area (Å²) in [5.41, 5.74) is 6.06. The van der Waals surface area contributed by atoms with Crippen molar-refractivity contribution < 1.29 is 9.59 Å². The van der Waals surface area contributed by atoms with Crippen molar-refractivity contribution in [3.05, 3.63) is 28.8 Å². The third kappa shape index (κ3) is 2.58. The van der Waals surface area contributed by atoms with Crippen molar-refractivity contribution in [2.24, 2.45) is 5.41 Å². The first-order valence-corrected chi connectivity index (χ1v) is 6.82. The number of nitrogens with zero attached hydrogens (tertiary/aromatic N) is 1. The Hall–Kier alpha value is -1.75. The van der Waals surface area contributed by atoms with Gasteiger partial charge in [0.25, 0.3) is 5.91 Å². The van der Waals surface area contributed by atoms with E-state index in [4.69, 9.17) is 17.3 Å². The van der Waals surface area contributed by atoms with E-state index in [-0.39, 0.29) is 11.8 Å². The van der Waals surface area contributed by atoms with Crippen LogP contribution in [0.25, 0.3) is 0 Å². The summed E-state index contributed by atoms with van der Waals surface area (Å²) in [5, 5.41) is 3.08. The molecular formula is C14H18ClN3O2. The van der Waals surface area contributed by atoms with Crippen molar-refractivity contribution in [2.75, 3.05) is 25.9 Å². The Morgan fingerprint density at radius 2 is 2.15 bits per heavy atom. The van der Waals surface area contributed by atoms with Gasteiger partial charge >= 0.3 is 0 Å². The van der Waals surface area contributed by atoms with Crippen LogP contribution in [0.3, 0.4) is 0 Å². The van der Waals surface area contributed by atoms with Gasteiger partial charge in [-0.2, -0.15) is 0 Å². The van der Waals surface area contributed by atoms with E-state index >= 15 is 0 Å². The summed E-state index contributed by atoms with van der Waals surface area (Å²) in [6.45, 7) is 2.84. The molecule has 0 spiro atoms. The highest BCUT2D eigenvalue weighted by molar-refractivity contribution is 6.33. The predicted molar refractivity (Wildman–Crippen MR) is 78.6 cm³/mol. The largest absolute Gasteiger partial charge is 0.398 e. The minimum absolute atomic E-state index is 0.0385. The van der Waals surface area contributed by atoms with Gasteiger partial charge in [0.1, 0.15) is 0 Å². The molecule has 1 aromatic rings. The number of halogens is 1. The standard InChI is InChI=1S/C14H18ClN3O2/c1-14(13(20)17-2)5-6-18(8-14)12(19)9-3-4-10(15)11(16)7-9/h3-4,7H,5-6,8,16H2,1-2H3,(H,17,20). The number of nitrogens with two attached hydrogens (primary N) is 1. The van der Waals surface area contributed by atoms with Crippen LogP contribution < -0.4 is 11.1 Å². The fourth-order valence-corrected chi connectivity index (χ4v) is 2.60. The monoisotopic (exact) mass is 295 g/mol. The maximum Gasteiger partial charge on any atom is 0.253 e. The molecule has 3 N–H and O–H groups in total. The van der Waals surface area contributed by atoms with Crippen molar-refractivity contribution >= 4 is 29.1 Å². The molecule has 20 heavy (non-hydrogen) atoms. The zero-order chi connectivity index (χ0) is 14.9. The molecule has 1 aliphatic heterocycles. The number of carbonyl (C=O) groups is 2. The molecule has 1 unspecified atom stereocenters. The van der Waals surface area contributed by atoms with Gasteiger partial charge in [0.2, 0.25) is 5.91 Å². The van der Waals surface area contributed by atoms with Gasteiger partial charge in [0.15, 0.2) is 0 Å². The minimum Gasteiger partial charge on any atom is -0.398 e. The Morgan fingerprint density at radius 1 is 1.45 bits per heavy atom. The first kappa shape index (κ1) is 14.7. The van der Waals surface area contributed by atoms with Crippen LogP contribution in [0, 0.1) is 5.41 Å². The van der Waals surface area contributed by atoms with Crippen molar-refractivity contribution in [2.45, 2.75) is 13.3 Å². The number of rotatable bonds is 2. The molecule has 6 heteroatoms. The Balaban J connectivity index is 2.15. The third-order valence-corrected chi connectivity index (χ3v) is 4.12. The summed E-state index contributed by atoms with van der Waals surface area (Å²) >= 11 is 5.85. The highest BCUT2D eigenvalue weighted by Crippen LogP contribution is 2.31. The molecule has 0 saturated carbocycles. The number of carbonyl (C=O) groups excluding carboxylic acids is 2. The van der Waals surface area contributed by atoms with Crippen LogP contribution in [0.15, 0.2) is 18.2 Å². The normalized spacial score (nSPS) is 21.9. The summed E-state index contributed by atoms with van der Waals surface area (Å²) < 4.78 is 0. The Bertz CT molecular complexity index is 561. The Labute approximate surface area is 123 Å². The van der Waals surface area contributed by atoms with Crippen LogP contribution in [0.5, 0.6) is 0 Å². The van der Waals surface area contributed by atoms with Gasteiger partial charge in [-0.25, -0.2) is 0 Å². The number of anilines is 1. The zero-order valence-electron chi connectivity index (χ0n) is 11.6. The van der Waals surface area contributed by atoms with E-state index in [0.29, 0.717) is 35.8 Å². The summed E-state index contributed by atoms with van der Waals surface area (Å²) in [4.78, 5) is 25.9. The minimum atomic E-state index is -0.525. The molecule has 2 rings (SSSR count). The lowest BCUT2D eigenvalue weighted by Gasteiger charge is -2.22. The third-order valence-electron chi connectivity index (χ3n) is 3.78. The van der Waals surface area contributed by atoms with E-state index in [1.807, 2.05) is 6.92 Å². The number of benzene rings is 1. The number of likely N-dealkylation sites (tertiary alicyclic amines) is 1. The van der Waals surface area contributed by atoms with Gasteiger partial charge in [0, 0.05) is 25.7 Å². The zero-order valence-corrected chi connectivity index (χ0v) is 12.3. The van der Waals surface area contributed by atoms with Gasteiger partial charge in [0.05, 0.1) is 16.1 Å². The highest BCUT2D eigenvalue weighted by Gasteiger charge is 2.41. The van der Waals surface area contributed by atoms with E-state index in [1.54, 1.807) is 30.1 Å². The molecule has 2 amide bonds. The van der Waals surface area contributed by atoms with Crippen LogP contribution in [0.4, 0.5) is 5.69 Å². The smallest absolute Gasteiger partial charge is 0.253 e. The summed E-state index contributed by atoms with van der Waals surface area (Å²) in [6.07, 6.45) is 0.654. The average Bonchev–Trinajstić information content (AvgIpc) is 2.84. The molecule has 1 fully saturated rings. The molecule has 0 bridgehead atoms. The maximum absolute atomic E-state index is 12.4. The number of nitrogen functional groups attached to an aromatic ring is 1. The average molecular weight is 296 g/mol. The SMILES string of the molecule is CNC(=O)C1(C)CCN(C(=O)c2ccc(Cl)c(N)c2)C1. The molecule has 1 saturated heterocycles. The molecule has 1 heterocycles. The lowest BCUT2D eigenvalue weighted by atomic mass is 9.89. The number of nitrogens with one attached hydrogen (secondary N) is 1. The van der Waals surface area contributed by atoms with Crippen molar-refractivity contribution in [3.63, 3.8) is 0 Å². The predicted octanol–water partition coefficient (Wildman–Crippen LogP) is 1.52. The Kier molecular flexibility index (Phi) is 3.90. The summed E-state index contributed by atoms with van der Waals surface area (Å²) in [5.74, 6) is -0.163. The Morgan fingerprint density at radius 3 is 2.75 bits per heavy atom. The quantitative estimate of drug-likeness (QED) is 0.812. The maximum atomic E-state index is 12.4. The second kappa shape index (κ2) is 5.32. The fraction of sp³-hybridized carbons (Fsp3) is 0.429.